The first-order valence-electron chi connectivity index (χ1n) is 3.62. The standard InChI is InChI=1S/C6H12NO6P/c1-5(8)7-4-6(9)13-14(10,11-2)12-3/h4H2,1-3H3,(H,7,8). The van der Waals surface area contributed by atoms with Gasteiger partial charge in [0.1, 0.15) is 6.54 Å². The van der Waals surface area contributed by atoms with E-state index in [9.17, 15) is 14.2 Å². The Morgan fingerprint density at radius 1 is 1.29 bits per heavy atom. The van der Waals surface area contributed by atoms with E-state index in [0.717, 1.165) is 14.2 Å². The summed E-state index contributed by atoms with van der Waals surface area (Å²) >= 11 is 0. The summed E-state index contributed by atoms with van der Waals surface area (Å²) < 4.78 is 24.2. The maximum atomic E-state index is 11.2. The second kappa shape index (κ2) is 5.74. The quantitative estimate of drug-likeness (QED) is 0.665. The van der Waals surface area contributed by atoms with Gasteiger partial charge in [-0.3, -0.25) is 13.8 Å². The van der Waals surface area contributed by atoms with E-state index in [2.05, 4.69) is 18.9 Å². The number of carbonyl (C=O) groups excluding carboxylic acids is 2. The van der Waals surface area contributed by atoms with E-state index in [-0.39, 0.29) is 6.54 Å². The lowest BCUT2D eigenvalue weighted by Crippen LogP contribution is -2.28. The molecular formula is C6H12NO6P. The summed E-state index contributed by atoms with van der Waals surface area (Å²) in [4.78, 5) is 21.3. The normalized spacial score (nSPS) is 10.8. The molecule has 0 rings (SSSR count). The van der Waals surface area contributed by atoms with E-state index in [1.54, 1.807) is 0 Å². The van der Waals surface area contributed by atoms with Gasteiger partial charge in [0.2, 0.25) is 5.91 Å². The lowest BCUT2D eigenvalue weighted by atomic mass is 10.6. The molecule has 0 heterocycles. The summed E-state index contributed by atoms with van der Waals surface area (Å²) in [6, 6.07) is 0. The third kappa shape index (κ3) is 4.96. The van der Waals surface area contributed by atoms with Gasteiger partial charge in [0, 0.05) is 21.1 Å². The summed E-state index contributed by atoms with van der Waals surface area (Å²) in [7, 11) is -1.64. The Bertz CT molecular complexity index is 257. The van der Waals surface area contributed by atoms with E-state index in [1.165, 1.54) is 6.92 Å². The van der Waals surface area contributed by atoms with Crippen LogP contribution < -0.4 is 5.32 Å². The lowest BCUT2D eigenvalue weighted by molar-refractivity contribution is -0.136. The zero-order valence-corrected chi connectivity index (χ0v) is 9.00. The first kappa shape index (κ1) is 13.1. The molecule has 0 fully saturated rings. The maximum absolute atomic E-state index is 11.2. The molecule has 0 saturated heterocycles. The Labute approximate surface area is 81.3 Å². The highest BCUT2D eigenvalue weighted by atomic mass is 31.2. The van der Waals surface area contributed by atoms with Gasteiger partial charge in [-0.15, -0.1) is 0 Å². The first-order valence-corrected chi connectivity index (χ1v) is 5.08. The van der Waals surface area contributed by atoms with Crippen molar-refractivity contribution in [3.63, 3.8) is 0 Å². The van der Waals surface area contributed by atoms with Gasteiger partial charge in [-0.2, -0.15) is 0 Å². The molecule has 0 atom stereocenters. The molecule has 0 unspecified atom stereocenters. The van der Waals surface area contributed by atoms with Crippen LogP contribution in [0, 0.1) is 0 Å². The van der Waals surface area contributed by atoms with Crippen LogP contribution in [-0.2, 0) is 27.7 Å². The monoisotopic (exact) mass is 225 g/mol. The number of nitrogens with one attached hydrogen (secondary N) is 1. The highest BCUT2D eigenvalue weighted by Gasteiger charge is 2.27. The molecule has 0 aromatic carbocycles. The van der Waals surface area contributed by atoms with Crippen LogP contribution >= 0.6 is 7.82 Å². The summed E-state index contributed by atoms with van der Waals surface area (Å²) in [5.41, 5.74) is 0. The second-order valence-corrected chi connectivity index (χ2v) is 3.99. The Morgan fingerprint density at radius 2 is 1.79 bits per heavy atom. The summed E-state index contributed by atoms with van der Waals surface area (Å²) in [5.74, 6) is -1.29. The van der Waals surface area contributed by atoms with E-state index in [4.69, 9.17) is 0 Å². The number of carbonyl (C=O) groups is 2. The molecule has 0 bridgehead atoms. The molecule has 0 spiro atoms. The van der Waals surface area contributed by atoms with Gasteiger partial charge in [0.25, 0.3) is 0 Å². The van der Waals surface area contributed by atoms with Crippen LogP contribution in [0.3, 0.4) is 0 Å². The van der Waals surface area contributed by atoms with E-state index in [0.29, 0.717) is 0 Å². The average molecular weight is 225 g/mol. The zero-order valence-electron chi connectivity index (χ0n) is 8.10. The topological polar surface area (TPSA) is 90.9 Å². The van der Waals surface area contributed by atoms with Crippen molar-refractivity contribution < 1.29 is 27.7 Å². The molecule has 1 amide bonds. The number of phosphoric acid groups is 1. The third-order valence-electron chi connectivity index (χ3n) is 1.14. The Kier molecular flexibility index (Phi) is 5.37. The molecule has 82 valence electrons. The van der Waals surface area contributed by atoms with Crippen LogP contribution in [0.25, 0.3) is 0 Å². The molecule has 0 aromatic heterocycles. The van der Waals surface area contributed by atoms with Crippen LogP contribution in [0.4, 0.5) is 0 Å². The maximum Gasteiger partial charge on any atom is 0.531 e. The van der Waals surface area contributed by atoms with Crippen LogP contribution in [0.5, 0.6) is 0 Å². The Hall–Kier alpha value is -0.910. The molecular weight excluding hydrogens is 213 g/mol. The SMILES string of the molecule is COP(=O)(OC)OC(=O)CNC(C)=O. The molecule has 0 aliphatic heterocycles. The van der Waals surface area contributed by atoms with Crippen molar-refractivity contribution in [3.8, 4) is 0 Å². The van der Waals surface area contributed by atoms with Gasteiger partial charge in [-0.25, -0.2) is 9.36 Å². The molecule has 0 saturated carbocycles. The molecule has 14 heavy (non-hydrogen) atoms. The fourth-order valence-electron chi connectivity index (χ4n) is 0.503. The van der Waals surface area contributed by atoms with Crippen molar-refractivity contribution >= 4 is 19.7 Å². The predicted molar refractivity (Wildman–Crippen MR) is 46.4 cm³/mol. The fourth-order valence-corrected chi connectivity index (χ4v) is 1.11. The van der Waals surface area contributed by atoms with Gasteiger partial charge < -0.3 is 9.84 Å². The van der Waals surface area contributed by atoms with Crippen LogP contribution in [0.1, 0.15) is 6.92 Å². The van der Waals surface area contributed by atoms with Crippen LogP contribution in [0.2, 0.25) is 0 Å². The number of phosphoric ester groups is 1. The lowest BCUT2D eigenvalue weighted by Gasteiger charge is -2.12. The molecule has 8 heteroatoms. The van der Waals surface area contributed by atoms with Crippen molar-refractivity contribution in [1.82, 2.24) is 5.32 Å². The number of amides is 1. The minimum absolute atomic E-state index is 0.383. The van der Waals surface area contributed by atoms with Gasteiger partial charge in [-0.05, 0) is 0 Å². The number of rotatable bonds is 5. The van der Waals surface area contributed by atoms with E-state index < -0.39 is 19.7 Å². The van der Waals surface area contributed by atoms with Crippen molar-refractivity contribution in [3.05, 3.63) is 0 Å². The minimum atomic E-state index is -3.80. The third-order valence-corrected chi connectivity index (χ3v) is 2.46. The molecule has 0 aromatic rings. The molecule has 7 nitrogen and oxygen atoms in total. The summed E-state index contributed by atoms with van der Waals surface area (Å²) in [6.07, 6.45) is 0. The van der Waals surface area contributed by atoms with E-state index >= 15 is 0 Å². The van der Waals surface area contributed by atoms with Gasteiger partial charge in [0.15, 0.2) is 0 Å². The highest BCUT2D eigenvalue weighted by Crippen LogP contribution is 2.47. The number of hydrogen-bond acceptors (Lipinski definition) is 6. The Morgan fingerprint density at radius 3 is 2.14 bits per heavy atom. The fraction of sp³-hybridized carbons (Fsp3) is 0.667. The zero-order chi connectivity index (χ0) is 11.2. The average Bonchev–Trinajstić information content (AvgIpc) is 2.14. The highest BCUT2D eigenvalue weighted by molar-refractivity contribution is 7.49. The largest absolute Gasteiger partial charge is 0.531 e. The van der Waals surface area contributed by atoms with Crippen molar-refractivity contribution in [2.24, 2.45) is 0 Å². The van der Waals surface area contributed by atoms with Crippen LogP contribution in [0.15, 0.2) is 0 Å². The predicted octanol–water partition coefficient (Wildman–Crippen LogP) is 0.0666. The molecule has 0 aliphatic carbocycles. The summed E-state index contributed by atoms with van der Waals surface area (Å²) in [6.45, 7) is 0.853. The first-order chi connectivity index (χ1) is 6.43. The van der Waals surface area contributed by atoms with Gasteiger partial charge in [0.05, 0.1) is 0 Å². The van der Waals surface area contributed by atoms with E-state index in [1.807, 2.05) is 0 Å². The molecule has 0 radical (unpaired) electrons. The molecule has 1 N–H and O–H groups in total. The summed E-state index contributed by atoms with van der Waals surface area (Å²) in [5, 5.41) is 2.17. The number of hydrogen-bond donors (Lipinski definition) is 1. The van der Waals surface area contributed by atoms with Gasteiger partial charge >= 0.3 is 13.8 Å². The van der Waals surface area contributed by atoms with Crippen LogP contribution in [-0.4, -0.2) is 32.6 Å². The minimum Gasteiger partial charge on any atom is -0.369 e. The van der Waals surface area contributed by atoms with Crippen molar-refractivity contribution in [1.29, 1.82) is 0 Å². The Balaban J connectivity index is 4.05. The smallest absolute Gasteiger partial charge is 0.369 e. The molecule has 0 aliphatic rings. The van der Waals surface area contributed by atoms with Crippen molar-refractivity contribution in [2.75, 3.05) is 20.8 Å². The van der Waals surface area contributed by atoms with Gasteiger partial charge in [-0.1, -0.05) is 0 Å². The second-order valence-electron chi connectivity index (χ2n) is 2.19. The van der Waals surface area contributed by atoms with Crippen molar-refractivity contribution in [2.45, 2.75) is 6.92 Å².